The van der Waals surface area contributed by atoms with Crippen LogP contribution in [0.4, 0.5) is 0 Å². The molecule has 0 saturated carbocycles. The molecule has 0 heterocycles. The summed E-state index contributed by atoms with van der Waals surface area (Å²) < 4.78 is 5.66. The molecule has 0 radical (unpaired) electrons. The van der Waals surface area contributed by atoms with Crippen LogP contribution in [-0.4, -0.2) is 11.6 Å². The molecule has 5 heteroatoms. The fourth-order valence-electron chi connectivity index (χ4n) is 1.68. The summed E-state index contributed by atoms with van der Waals surface area (Å²) in [6.45, 7) is 3.00. The number of hydrogen-bond donors (Lipinski definition) is 2. The van der Waals surface area contributed by atoms with Crippen molar-refractivity contribution in [1.29, 1.82) is 0 Å². The molecule has 3 N–H and O–H groups in total. The molecule has 19 heavy (non-hydrogen) atoms. The van der Waals surface area contributed by atoms with Gasteiger partial charge in [0.2, 0.25) is 0 Å². The number of hydrazine groups is 1. The Hall–Kier alpha value is -0.840. The molecule has 1 aromatic carbocycles. The van der Waals surface area contributed by atoms with Gasteiger partial charge in [-0.2, -0.15) is 0 Å². The summed E-state index contributed by atoms with van der Waals surface area (Å²) in [7, 11) is 0. The van der Waals surface area contributed by atoms with Crippen LogP contribution in [0.5, 0.6) is 5.75 Å². The maximum absolute atomic E-state index is 5.66. The van der Waals surface area contributed by atoms with Gasteiger partial charge in [-0.05, 0) is 30.7 Å². The maximum Gasteiger partial charge on any atom is 0.120 e. The number of benzene rings is 1. The first-order valence-corrected chi connectivity index (χ1v) is 6.92. The van der Waals surface area contributed by atoms with E-state index < -0.39 is 0 Å². The van der Waals surface area contributed by atoms with E-state index in [2.05, 4.69) is 12.3 Å². The second-order valence-electron chi connectivity index (χ2n) is 4.26. The van der Waals surface area contributed by atoms with Crippen LogP contribution in [0.3, 0.4) is 0 Å². The van der Waals surface area contributed by atoms with Gasteiger partial charge in [-0.15, -0.1) is 12.4 Å². The molecule has 0 spiro atoms. The molecule has 108 valence electrons. The van der Waals surface area contributed by atoms with E-state index in [1.165, 1.54) is 25.7 Å². The first-order valence-electron chi connectivity index (χ1n) is 6.51. The maximum atomic E-state index is 5.66. The van der Waals surface area contributed by atoms with Crippen molar-refractivity contribution in [3.05, 3.63) is 29.8 Å². The molecule has 0 amide bonds. The number of halogens is 1. The number of ether oxygens (including phenoxy) is 1. The number of unbranched alkanes of at least 4 members (excludes halogenated alkanes) is 4. The Balaban J connectivity index is 0.00000324. The van der Waals surface area contributed by atoms with Gasteiger partial charge in [0, 0.05) is 5.56 Å². The van der Waals surface area contributed by atoms with Crippen molar-refractivity contribution in [3.63, 3.8) is 0 Å². The zero-order valence-electron chi connectivity index (χ0n) is 11.4. The zero-order chi connectivity index (χ0) is 13.2. The third-order valence-electron chi connectivity index (χ3n) is 2.76. The molecule has 0 saturated heterocycles. The highest BCUT2D eigenvalue weighted by Gasteiger charge is 1.99. The Morgan fingerprint density at radius 3 is 2.37 bits per heavy atom. The van der Waals surface area contributed by atoms with E-state index in [4.69, 9.17) is 22.8 Å². The van der Waals surface area contributed by atoms with Crippen molar-refractivity contribution in [2.75, 3.05) is 6.61 Å². The topological polar surface area (TPSA) is 47.3 Å². The number of nitrogens with two attached hydrogens (primary N) is 1. The van der Waals surface area contributed by atoms with E-state index in [1.54, 1.807) is 0 Å². The minimum Gasteiger partial charge on any atom is -0.494 e. The average molecular weight is 303 g/mol. The molecule has 0 bridgehead atoms. The van der Waals surface area contributed by atoms with Crippen LogP contribution < -0.4 is 16.0 Å². The van der Waals surface area contributed by atoms with Gasteiger partial charge in [0.05, 0.1) is 6.61 Å². The number of hydrogen-bond acceptors (Lipinski definition) is 3. The quantitative estimate of drug-likeness (QED) is 0.333. The van der Waals surface area contributed by atoms with Crippen molar-refractivity contribution in [2.24, 2.45) is 5.84 Å². The summed E-state index contributed by atoms with van der Waals surface area (Å²) in [4.78, 5) is 0.543. The Morgan fingerprint density at radius 2 is 1.79 bits per heavy atom. The lowest BCUT2D eigenvalue weighted by atomic mass is 10.2. The van der Waals surface area contributed by atoms with Crippen molar-refractivity contribution in [1.82, 2.24) is 5.43 Å². The normalized spacial score (nSPS) is 9.58. The van der Waals surface area contributed by atoms with Gasteiger partial charge >= 0.3 is 0 Å². The smallest absolute Gasteiger partial charge is 0.120 e. The van der Waals surface area contributed by atoms with Gasteiger partial charge in [0.15, 0.2) is 0 Å². The average Bonchev–Trinajstić information content (AvgIpc) is 2.42. The van der Waals surface area contributed by atoms with Gasteiger partial charge in [-0.1, -0.05) is 44.8 Å². The molecule has 1 aromatic rings. The third-order valence-corrected chi connectivity index (χ3v) is 3.12. The summed E-state index contributed by atoms with van der Waals surface area (Å²) >= 11 is 5.03. The van der Waals surface area contributed by atoms with E-state index in [9.17, 15) is 0 Å². The summed E-state index contributed by atoms with van der Waals surface area (Å²) in [5.74, 6) is 6.14. The number of rotatable bonds is 8. The highest BCUT2D eigenvalue weighted by atomic mass is 35.5. The number of thiocarbonyl (C=S) groups is 1. The van der Waals surface area contributed by atoms with Crippen LogP contribution >= 0.6 is 24.6 Å². The fraction of sp³-hybridized carbons (Fsp3) is 0.500. The SMILES string of the molecule is CCCCCCCOc1ccc(C(=S)NN)cc1.Cl. The van der Waals surface area contributed by atoms with Gasteiger partial charge in [0.1, 0.15) is 10.7 Å². The third kappa shape index (κ3) is 7.35. The molecule has 3 nitrogen and oxygen atoms in total. The molecular formula is C14H23ClN2OS. The van der Waals surface area contributed by atoms with Crippen molar-refractivity contribution in [2.45, 2.75) is 39.0 Å². The Bertz CT molecular complexity index is 357. The van der Waals surface area contributed by atoms with Crippen LogP contribution in [0.25, 0.3) is 0 Å². The second kappa shape index (κ2) is 11.0. The zero-order valence-corrected chi connectivity index (χ0v) is 13.0. The minimum absolute atomic E-state index is 0. The number of nitrogens with one attached hydrogen (secondary N) is 1. The summed E-state index contributed by atoms with van der Waals surface area (Å²) in [6, 6.07) is 7.67. The lowest BCUT2D eigenvalue weighted by molar-refractivity contribution is 0.304. The van der Waals surface area contributed by atoms with E-state index in [1.807, 2.05) is 24.3 Å². The van der Waals surface area contributed by atoms with E-state index >= 15 is 0 Å². The molecular weight excluding hydrogens is 280 g/mol. The van der Waals surface area contributed by atoms with E-state index in [0.29, 0.717) is 4.99 Å². The van der Waals surface area contributed by atoms with Crippen LogP contribution in [0.1, 0.15) is 44.6 Å². The molecule has 0 atom stereocenters. The Morgan fingerprint density at radius 1 is 1.16 bits per heavy atom. The Kier molecular flexibility index (Phi) is 10.5. The van der Waals surface area contributed by atoms with E-state index in [-0.39, 0.29) is 12.4 Å². The second-order valence-corrected chi connectivity index (χ2v) is 4.67. The first-order chi connectivity index (χ1) is 8.77. The minimum atomic E-state index is 0. The summed E-state index contributed by atoms with van der Waals surface area (Å²) in [6.07, 6.45) is 6.25. The van der Waals surface area contributed by atoms with Gasteiger partial charge in [0.25, 0.3) is 0 Å². The molecule has 0 aromatic heterocycles. The van der Waals surface area contributed by atoms with Crippen LogP contribution in [0.15, 0.2) is 24.3 Å². The predicted molar refractivity (Wildman–Crippen MR) is 87.0 cm³/mol. The Labute approximate surface area is 127 Å². The highest BCUT2D eigenvalue weighted by molar-refractivity contribution is 7.80. The highest BCUT2D eigenvalue weighted by Crippen LogP contribution is 2.13. The monoisotopic (exact) mass is 302 g/mol. The molecule has 0 aliphatic heterocycles. The van der Waals surface area contributed by atoms with Gasteiger partial charge in [-0.25, -0.2) is 5.84 Å². The molecule has 0 unspecified atom stereocenters. The van der Waals surface area contributed by atoms with Crippen LogP contribution in [0, 0.1) is 0 Å². The molecule has 0 aliphatic rings. The summed E-state index contributed by atoms with van der Waals surface area (Å²) in [5.41, 5.74) is 3.37. The lowest BCUT2D eigenvalue weighted by Crippen LogP contribution is -2.28. The fourth-order valence-corrected chi connectivity index (χ4v) is 1.82. The van der Waals surface area contributed by atoms with Crippen molar-refractivity contribution in [3.8, 4) is 5.75 Å². The summed E-state index contributed by atoms with van der Waals surface area (Å²) in [5, 5.41) is 0. The van der Waals surface area contributed by atoms with Gasteiger partial charge < -0.3 is 10.2 Å². The molecule has 0 fully saturated rings. The predicted octanol–water partition coefficient (Wildman–Crippen LogP) is 3.60. The van der Waals surface area contributed by atoms with Crippen molar-refractivity contribution < 1.29 is 4.74 Å². The van der Waals surface area contributed by atoms with E-state index in [0.717, 1.165) is 24.3 Å². The molecule has 0 aliphatic carbocycles. The van der Waals surface area contributed by atoms with Gasteiger partial charge in [-0.3, -0.25) is 0 Å². The first kappa shape index (κ1) is 18.2. The van der Waals surface area contributed by atoms with Crippen LogP contribution in [-0.2, 0) is 0 Å². The lowest BCUT2D eigenvalue weighted by Gasteiger charge is -2.07. The largest absolute Gasteiger partial charge is 0.494 e. The molecule has 1 rings (SSSR count). The van der Waals surface area contributed by atoms with Crippen LogP contribution in [0.2, 0.25) is 0 Å². The standard InChI is InChI=1S/C14H22N2OS.ClH/c1-2-3-4-5-6-11-17-13-9-7-12(8-10-13)14(18)16-15;/h7-10H,2-6,11,15H2,1H3,(H,16,18);1H. The van der Waals surface area contributed by atoms with Crippen molar-refractivity contribution >= 4 is 29.6 Å².